The van der Waals surface area contributed by atoms with Gasteiger partial charge in [-0.05, 0) is 45.0 Å². The van der Waals surface area contributed by atoms with Crippen LogP contribution in [-0.2, 0) is 17.9 Å². The fraction of sp³-hybridized carbons (Fsp3) is 0.643. The van der Waals surface area contributed by atoms with Gasteiger partial charge < -0.3 is 11.1 Å². The lowest BCUT2D eigenvalue weighted by Gasteiger charge is -2.25. The molecule has 19 heavy (non-hydrogen) atoms. The van der Waals surface area contributed by atoms with E-state index in [0.717, 1.165) is 13.1 Å². The van der Waals surface area contributed by atoms with Gasteiger partial charge in [-0.1, -0.05) is 6.42 Å². The Morgan fingerprint density at radius 1 is 1.37 bits per heavy atom. The summed E-state index contributed by atoms with van der Waals surface area (Å²) in [6.07, 6.45) is 4.03. The van der Waals surface area contributed by atoms with Crippen LogP contribution in [0.25, 0.3) is 0 Å². The summed E-state index contributed by atoms with van der Waals surface area (Å²) in [5, 5.41) is 3.14. The molecule has 3 N–H and O–H groups in total. The lowest BCUT2D eigenvalue weighted by Crippen LogP contribution is -2.38. The molecule has 0 bridgehead atoms. The average molecular weight is 281 g/mol. The third kappa shape index (κ3) is 4.60. The van der Waals surface area contributed by atoms with Crippen LogP contribution in [0.1, 0.15) is 35.9 Å². The van der Waals surface area contributed by atoms with Crippen LogP contribution in [0.4, 0.5) is 0 Å². The minimum atomic E-state index is -0.301. The van der Waals surface area contributed by atoms with Gasteiger partial charge >= 0.3 is 0 Å². The van der Waals surface area contributed by atoms with Crippen LogP contribution in [0.15, 0.2) is 12.1 Å². The van der Waals surface area contributed by atoms with E-state index in [1.165, 1.54) is 42.1 Å². The zero-order valence-electron chi connectivity index (χ0n) is 11.5. The number of rotatable bonds is 6. The summed E-state index contributed by atoms with van der Waals surface area (Å²) in [7, 11) is 0. The second-order valence-corrected chi connectivity index (χ2v) is 6.46. The van der Waals surface area contributed by atoms with E-state index in [1.807, 2.05) is 11.3 Å². The van der Waals surface area contributed by atoms with Gasteiger partial charge in [-0.25, -0.2) is 0 Å². The summed E-state index contributed by atoms with van der Waals surface area (Å²) in [5.74, 6) is -0.301. The number of carbonyl (C=O) groups is 1. The van der Waals surface area contributed by atoms with Crippen molar-refractivity contribution in [3.8, 4) is 0 Å². The SMILES string of the molecule is C[C@H](NCc1ccc(CN2CCCCC2)s1)C(N)=O. The Labute approximate surface area is 119 Å². The third-order valence-corrected chi connectivity index (χ3v) is 4.62. The number of carbonyl (C=O) groups excluding carboxylic acids is 1. The molecule has 0 unspecified atom stereocenters. The van der Waals surface area contributed by atoms with E-state index in [9.17, 15) is 4.79 Å². The lowest BCUT2D eigenvalue weighted by atomic mass is 10.1. The van der Waals surface area contributed by atoms with E-state index in [0.29, 0.717) is 0 Å². The lowest BCUT2D eigenvalue weighted by molar-refractivity contribution is -0.119. The first-order chi connectivity index (χ1) is 9.15. The normalized spacial score (nSPS) is 18.4. The third-order valence-electron chi connectivity index (χ3n) is 3.55. The fourth-order valence-electron chi connectivity index (χ4n) is 2.29. The van der Waals surface area contributed by atoms with Crippen molar-refractivity contribution in [2.75, 3.05) is 13.1 Å². The van der Waals surface area contributed by atoms with Crippen LogP contribution in [0.3, 0.4) is 0 Å². The van der Waals surface area contributed by atoms with Crippen LogP contribution in [0, 0.1) is 0 Å². The Bertz CT molecular complexity index is 413. The zero-order valence-corrected chi connectivity index (χ0v) is 12.3. The van der Waals surface area contributed by atoms with Gasteiger partial charge in [0.25, 0.3) is 0 Å². The number of amides is 1. The molecule has 1 aliphatic rings. The molecule has 5 heteroatoms. The predicted molar refractivity (Wildman–Crippen MR) is 78.9 cm³/mol. The van der Waals surface area contributed by atoms with Gasteiger partial charge in [0.15, 0.2) is 0 Å². The summed E-state index contributed by atoms with van der Waals surface area (Å²) in [5.41, 5.74) is 5.22. The Kier molecular flexibility index (Phi) is 5.36. The van der Waals surface area contributed by atoms with Crippen molar-refractivity contribution >= 4 is 17.2 Å². The number of nitrogens with two attached hydrogens (primary N) is 1. The molecule has 1 fully saturated rings. The van der Waals surface area contributed by atoms with Gasteiger partial charge in [-0.15, -0.1) is 11.3 Å². The number of primary amides is 1. The van der Waals surface area contributed by atoms with Crippen molar-refractivity contribution < 1.29 is 4.79 Å². The molecule has 2 heterocycles. The monoisotopic (exact) mass is 281 g/mol. The van der Waals surface area contributed by atoms with Crippen LogP contribution >= 0.6 is 11.3 Å². The molecule has 0 spiro atoms. The van der Waals surface area contributed by atoms with Gasteiger partial charge in [0.05, 0.1) is 6.04 Å². The summed E-state index contributed by atoms with van der Waals surface area (Å²) in [4.78, 5) is 16.1. The molecule has 4 nitrogen and oxygen atoms in total. The number of hydrogen-bond acceptors (Lipinski definition) is 4. The van der Waals surface area contributed by atoms with Crippen molar-refractivity contribution in [2.24, 2.45) is 5.73 Å². The Morgan fingerprint density at radius 2 is 2.05 bits per heavy atom. The second-order valence-electron chi connectivity index (χ2n) is 5.21. The average Bonchev–Trinajstić information content (AvgIpc) is 2.84. The van der Waals surface area contributed by atoms with E-state index >= 15 is 0 Å². The topological polar surface area (TPSA) is 58.4 Å². The Balaban J connectivity index is 1.79. The maximum atomic E-state index is 10.9. The molecular weight excluding hydrogens is 258 g/mol. The number of likely N-dealkylation sites (tertiary alicyclic amines) is 1. The van der Waals surface area contributed by atoms with E-state index in [4.69, 9.17) is 5.73 Å². The summed E-state index contributed by atoms with van der Waals surface area (Å²) >= 11 is 1.82. The van der Waals surface area contributed by atoms with E-state index in [2.05, 4.69) is 22.3 Å². The molecular formula is C14H23N3OS. The van der Waals surface area contributed by atoms with Crippen LogP contribution in [-0.4, -0.2) is 29.9 Å². The molecule has 1 aliphatic heterocycles. The maximum Gasteiger partial charge on any atom is 0.234 e. The molecule has 0 aliphatic carbocycles. The van der Waals surface area contributed by atoms with Crippen LogP contribution in [0.2, 0.25) is 0 Å². The number of nitrogens with zero attached hydrogens (tertiary/aromatic N) is 1. The van der Waals surface area contributed by atoms with Crippen LogP contribution in [0.5, 0.6) is 0 Å². The minimum absolute atomic E-state index is 0.271. The van der Waals surface area contributed by atoms with Gasteiger partial charge in [0.2, 0.25) is 5.91 Å². The predicted octanol–water partition coefficient (Wildman–Crippen LogP) is 1.70. The summed E-state index contributed by atoms with van der Waals surface area (Å²) < 4.78 is 0. The van der Waals surface area contributed by atoms with E-state index in [1.54, 1.807) is 6.92 Å². The summed E-state index contributed by atoms with van der Waals surface area (Å²) in [6, 6.07) is 4.07. The molecule has 2 rings (SSSR count). The molecule has 0 radical (unpaired) electrons. The Morgan fingerprint density at radius 3 is 2.74 bits per heavy atom. The standard InChI is InChI=1S/C14H23N3OS/c1-11(14(15)18)16-9-12-5-6-13(19-12)10-17-7-3-2-4-8-17/h5-6,11,16H,2-4,7-10H2,1H3,(H2,15,18)/t11-/m0/s1. The number of thiophene rings is 1. The van der Waals surface area contributed by atoms with Crippen molar-refractivity contribution in [3.63, 3.8) is 0 Å². The highest BCUT2D eigenvalue weighted by molar-refractivity contribution is 7.11. The number of piperidine rings is 1. The van der Waals surface area contributed by atoms with Crippen molar-refractivity contribution in [3.05, 3.63) is 21.9 Å². The molecule has 1 saturated heterocycles. The van der Waals surface area contributed by atoms with Crippen molar-refractivity contribution in [1.29, 1.82) is 0 Å². The highest BCUT2D eigenvalue weighted by Crippen LogP contribution is 2.20. The van der Waals surface area contributed by atoms with Crippen molar-refractivity contribution in [2.45, 2.75) is 45.3 Å². The molecule has 0 aromatic carbocycles. The highest BCUT2D eigenvalue weighted by Gasteiger charge is 2.12. The van der Waals surface area contributed by atoms with Crippen molar-refractivity contribution in [1.82, 2.24) is 10.2 Å². The quantitative estimate of drug-likeness (QED) is 0.834. The number of nitrogens with one attached hydrogen (secondary N) is 1. The number of hydrogen-bond donors (Lipinski definition) is 2. The molecule has 1 atom stereocenters. The van der Waals surface area contributed by atoms with Crippen LogP contribution < -0.4 is 11.1 Å². The highest BCUT2D eigenvalue weighted by atomic mass is 32.1. The van der Waals surface area contributed by atoms with Gasteiger partial charge in [0.1, 0.15) is 0 Å². The molecule has 1 aromatic rings. The molecule has 1 amide bonds. The zero-order chi connectivity index (χ0) is 13.7. The second kappa shape index (κ2) is 7.03. The first-order valence-electron chi connectivity index (χ1n) is 6.98. The molecule has 0 saturated carbocycles. The van der Waals surface area contributed by atoms with E-state index in [-0.39, 0.29) is 11.9 Å². The molecule has 106 valence electrons. The minimum Gasteiger partial charge on any atom is -0.368 e. The first kappa shape index (κ1) is 14.5. The van der Waals surface area contributed by atoms with Gasteiger partial charge in [-0.3, -0.25) is 9.69 Å². The van der Waals surface area contributed by atoms with E-state index < -0.39 is 0 Å². The Hall–Kier alpha value is -0.910. The fourth-order valence-corrected chi connectivity index (χ4v) is 3.31. The smallest absolute Gasteiger partial charge is 0.234 e. The first-order valence-corrected chi connectivity index (χ1v) is 7.79. The van der Waals surface area contributed by atoms with Gasteiger partial charge in [0, 0.05) is 22.8 Å². The molecule has 1 aromatic heterocycles. The van der Waals surface area contributed by atoms with Gasteiger partial charge in [-0.2, -0.15) is 0 Å². The maximum absolute atomic E-state index is 10.9. The summed E-state index contributed by atoms with van der Waals surface area (Å²) in [6.45, 7) is 6.03. The largest absolute Gasteiger partial charge is 0.368 e.